The molecule has 2 aliphatic rings. The molecule has 0 spiro atoms. The molecule has 1 aromatic rings. The molecule has 84 valence electrons. The number of amides is 1. The molecule has 0 aliphatic carbocycles. The van der Waals surface area contributed by atoms with E-state index in [1.807, 2.05) is 4.90 Å². The van der Waals surface area contributed by atoms with Gasteiger partial charge in [-0.1, -0.05) is 0 Å². The van der Waals surface area contributed by atoms with Gasteiger partial charge in [0, 0.05) is 6.54 Å². The zero-order chi connectivity index (χ0) is 11.1. The minimum Gasteiger partial charge on any atom is -0.358 e. The highest BCUT2D eigenvalue weighted by Crippen LogP contribution is 2.36. The number of piperidine rings is 1. The Morgan fingerprint density at radius 2 is 2.25 bits per heavy atom. The monoisotopic (exact) mass is 220 g/mol. The van der Waals surface area contributed by atoms with Gasteiger partial charge in [0.1, 0.15) is 11.9 Å². The van der Waals surface area contributed by atoms with Gasteiger partial charge in [-0.2, -0.15) is 0 Å². The first-order valence-corrected chi connectivity index (χ1v) is 5.63. The van der Waals surface area contributed by atoms with Gasteiger partial charge in [-0.3, -0.25) is 4.79 Å². The van der Waals surface area contributed by atoms with E-state index in [0.29, 0.717) is 0 Å². The van der Waals surface area contributed by atoms with Gasteiger partial charge < -0.3 is 10.2 Å². The maximum atomic E-state index is 13.2. The second kappa shape index (κ2) is 3.47. The van der Waals surface area contributed by atoms with E-state index in [4.69, 9.17) is 0 Å². The molecule has 4 heteroatoms. The fraction of sp³-hybridized carbons (Fsp3) is 0.417. The average Bonchev–Trinajstić information content (AvgIpc) is 2.31. The van der Waals surface area contributed by atoms with Gasteiger partial charge in [0.25, 0.3) is 0 Å². The Balaban J connectivity index is 2.07. The predicted octanol–water partition coefficient (Wildman–Crippen LogP) is 2.14. The highest BCUT2D eigenvalue weighted by atomic mass is 19.1. The molecule has 1 atom stereocenters. The smallest absolute Gasteiger partial charge is 0.247 e. The molecule has 0 radical (unpaired) electrons. The number of rotatable bonds is 0. The summed E-state index contributed by atoms with van der Waals surface area (Å²) in [7, 11) is 0. The van der Waals surface area contributed by atoms with Crippen LogP contribution in [0.1, 0.15) is 19.3 Å². The van der Waals surface area contributed by atoms with Crippen molar-refractivity contribution in [2.45, 2.75) is 25.3 Å². The van der Waals surface area contributed by atoms with Gasteiger partial charge in [-0.25, -0.2) is 4.39 Å². The van der Waals surface area contributed by atoms with E-state index < -0.39 is 0 Å². The lowest BCUT2D eigenvalue weighted by molar-refractivity contribution is -0.118. The van der Waals surface area contributed by atoms with Crippen molar-refractivity contribution >= 4 is 17.3 Å². The van der Waals surface area contributed by atoms with E-state index in [0.717, 1.165) is 37.2 Å². The SMILES string of the molecule is O=C1Nc2ccc(F)cc2N2CCCC[C@@H]12. The lowest BCUT2D eigenvalue weighted by Gasteiger charge is -2.41. The summed E-state index contributed by atoms with van der Waals surface area (Å²) in [6.07, 6.45) is 3.00. The van der Waals surface area contributed by atoms with Crippen LogP contribution in [-0.4, -0.2) is 18.5 Å². The van der Waals surface area contributed by atoms with Crippen LogP contribution in [0.2, 0.25) is 0 Å². The number of carbonyl (C=O) groups excluding carboxylic acids is 1. The van der Waals surface area contributed by atoms with Crippen LogP contribution >= 0.6 is 0 Å². The van der Waals surface area contributed by atoms with Gasteiger partial charge in [0.2, 0.25) is 5.91 Å². The normalized spacial score (nSPS) is 23.4. The second-order valence-electron chi connectivity index (χ2n) is 4.36. The number of hydrogen-bond acceptors (Lipinski definition) is 2. The maximum Gasteiger partial charge on any atom is 0.247 e. The molecular formula is C12H13FN2O. The van der Waals surface area contributed by atoms with E-state index >= 15 is 0 Å². The number of halogens is 1. The van der Waals surface area contributed by atoms with Crippen LogP contribution in [0.5, 0.6) is 0 Å². The average molecular weight is 220 g/mol. The largest absolute Gasteiger partial charge is 0.358 e. The molecule has 3 rings (SSSR count). The summed E-state index contributed by atoms with van der Waals surface area (Å²) in [6, 6.07) is 4.41. The number of anilines is 2. The third-order valence-corrected chi connectivity index (χ3v) is 3.33. The number of fused-ring (bicyclic) bond motifs is 3. The molecule has 3 nitrogen and oxygen atoms in total. The van der Waals surface area contributed by atoms with Gasteiger partial charge in [-0.05, 0) is 37.5 Å². The molecule has 0 bridgehead atoms. The molecule has 1 fully saturated rings. The quantitative estimate of drug-likeness (QED) is 0.726. The summed E-state index contributed by atoms with van der Waals surface area (Å²) in [4.78, 5) is 13.9. The third kappa shape index (κ3) is 1.37. The molecule has 0 aromatic heterocycles. The summed E-state index contributed by atoms with van der Waals surface area (Å²) < 4.78 is 13.2. The zero-order valence-electron chi connectivity index (χ0n) is 8.87. The van der Waals surface area contributed by atoms with Crippen molar-refractivity contribution in [2.24, 2.45) is 0 Å². The van der Waals surface area contributed by atoms with E-state index in [9.17, 15) is 9.18 Å². The minimum atomic E-state index is -0.251. The van der Waals surface area contributed by atoms with Crippen LogP contribution in [-0.2, 0) is 4.79 Å². The van der Waals surface area contributed by atoms with Crippen molar-refractivity contribution in [3.8, 4) is 0 Å². The van der Waals surface area contributed by atoms with Crippen LogP contribution in [0.4, 0.5) is 15.8 Å². The highest BCUT2D eigenvalue weighted by Gasteiger charge is 2.34. The molecule has 2 heterocycles. The van der Waals surface area contributed by atoms with Crippen molar-refractivity contribution in [2.75, 3.05) is 16.8 Å². The summed E-state index contributed by atoms with van der Waals surface area (Å²) >= 11 is 0. The van der Waals surface area contributed by atoms with Crippen LogP contribution < -0.4 is 10.2 Å². The number of hydrogen-bond donors (Lipinski definition) is 1. The Morgan fingerprint density at radius 3 is 3.12 bits per heavy atom. The van der Waals surface area contributed by atoms with E-state index in [-0.39, 0.29) is 17.8 Å². The number of nitrogens with zero attached hydrogens (tertiary/aromatic N) is 1. The molecule has 0 saturated carbocycles. The fourth-order valence-electron chi connectivity index (χ4n) is 2.56. The first kappa shape index (κ1) is 9.63. The second-order valence-corrected chi connectivity index (χ2v) is 4.36. The van der Waals surface area contributed by atoms with Gasteiger partial charge in [0.15, 0.2) is 0 Å². The van der Waals surface area contributed by atoms with Gasteiger partial charge in [0.05, 0.1) is 11.4 Å². The molecular weight excluding hydrogens is 207 g/mol. The lowest BCUT2D eigenvalue weighted by atomic mass is 9.97. The topological polar surface area (TPSA) is 32.3 Å². The van der Waals surface area contributed by atoms with Crippen LogP contribution in [0.25, 0.3) is 0 Å². The molecule has 16 heavy (non-hydrogen) atoms. The standard InChI is InChI=1S/C12H13FN2O/c13-8-4-5-9-11(7-8)15-6-2-1-3-10(15)12(16)14-9/h4-5,7,10H,1-3,6H2,(H,14,16)/t10-/m0/s1. The molecule has 1 N–H and O–H groups in total. The number of benzene rings is 1. The van der Waals surface area contributed by atoms with E-state index in [1.54, 1.807) is 6.07 Å². The van der Waals surface area contributed by atoms with Crippen molar-refractivity contribution in [1.82, 2.24) is 0 Å². The van der Waals surface area contributed by atoms with Crippen molar-refractivity contribution in [1.29, 1.82) is 0 Å². The van der Waals surface area contributed by atoms with Crippen molar-refractivity contribution in [3.63, 3.8) is 0 Å². The fourth-order valence-corrected chi connectivity index (χ4v) is 2.56. The van der Waals surface area contributed by atoms with Crippen molar-refractivity contribution in [3.05, 3.63) is 24.0 Å². The molecule has 1 amide bonds. The van der Waals surface area contributed by atoms with E-state index in [1.165, 1.54) is 12.1 Å². The summed E-state index contributed by atoms with van der Waals surface area (Å²) in [5.41, 5.74) is 1.55. The summed E-state index contributed by atoms with van der Waals surface area (Å²) in [5, 5.41) is 2.84. The van der Waals surface area contributed by atoms with E-state index in [2.05, 4.69) is 5.32 Å². The van der Waals surface area contributed by atoms with Crippen LogP contribution in [0, 0.1) is 5.82 Å². The zero-order valence-corrected chi connectivity index (χ0v) is 8.87. The Bertz CT molecular complexity index is 447. The number of nitrogens with one attached hydrogen (secondary N) is 1. The summed E-state index contributed by atoms with van der Waals surface area (Å²) in [5.74, 6) is -0.210. The van der Waals surface area contributed by atoms with Crippen LogP contribution in [0.3, 0.4) is 0 Å². The molecule has 0 unspecified atom stereocenters. The Hall–Kier alpha value is -1.58. The molecule has 2 aliphatic heterocycles. The van der Waals surface area contributed by atoms with Gasteiger partial charge >= 0.3 is 0 Å². The summed E-state index contributed by atoms with van der Waals surface area (Å²) in [6.45, 7) is 0.842. The minimum absolute atomic E-state index is 0.0406. The highest BCUT2D eigenvalue weighted by molar-refractivity contribution is 6.03. The first-order valence-electron chi connectivity index (χ1n) is 5.63. The third-order valence-electron chi connectivity index (χ3n) is 3.33. The maximum absolute atomic E-state index is 13.2. The first-order chi connectivity index (χ1) is 7.75. The van der Waals surface area contributed by atoms with Gasteiger partial charge in [-0.15, -0.1) is 0 Å². The Kier molecular flexibility index (Phi) is 2.09. The van der Waals surface area contributed by atoms with Crippen molar-refractivity contribution < 1.29 is 9.18 Å². The predicted molar refractivity (Wildman–Crippen MR) is 60.0 cm³/mol. The molecule has 1 aromatic carbocycles. The molecule has 1 saturated heterocycles. The lowest BCUT2D eigenvalue weighted by Crippen LogP contribution is -2.50. The number of carbonyl (C=O) groups is 1. The Morgan fingerprint density at radius 1 is 1.38 bits per heavy atom. The Labute approximate surface area is 93.2 Å². The van der Waals surface area contributed by atoms with Crippen LogP contribution in [0.15, 0.2) is 18.2 Å².